The molecule has 0 fully saturated rings. The first-order valence-electron chi connectivity index (χ1n) is 7.06. The quantitative estimate of drug-likeness (QED) is 0.892. The summed E-state index contributed by atoms with van der Waals surface area (Å²) in [7, 11) is 1.70. The number of hydrogen-bond acceptors (Lipinski definition) is 2. The van der Waals surface area contributed by atoms with Crippen molar-refractivity contribution in [3.8, 4) is 5.75 Å². The maximum absolute atomic E-state index is 6.35. The van der Waals surface area contributed by atoms with Crippen molar-refractivity contribution in [2.75, 3.05) is 7.11 Å². The van der Waals surface area contributed by atoms with Gasteiger partial charge in [-0.1, -0.05) is 35.9 Å². The predicted octanol–water partition coefficient (Wildman–Crippen LogP) is 3.94. The fourth-order valence-electron chi connectivity index (χ4n) is 2.47. The maximum atomic E-state index is 6.35. The first-order chi connectivity index (χ1) is 9.60. The van der Waals surface area contributed by atoms with Gasteiger partial charge >= 0.3 is 0 Å². The lowest BCUT2D eigenvalue weighted by Crippen LogP contribution is -2.13. The third-order valence-corrected chi connectivity index (χ3v) is 3.71. The SMILES string of the molecule is COc1cccc(CCC(N)c2cc(C)ccc2C)c1. The van der Waals surface area contributed by atoms with Crippen molar-refractivity contribution in [1.82, 2.24) is 0 Å². The summed E-state index contributed by atoms with van der Waals surface area (Å²) < 4.78 is 5.25. The Kier molecular flexibility index (Phi) is 4.80. The molecule has 0 spiro atoms. The monoisotopic (exact) mass is 269 g/mol. The van der Waals surface area contributed by atoms with E-state index in [1.807, 2.05) is 12.1 Å². The Bertz CT molecular complexity index is 577. The Balaban J connectivity index is 2.04. The van der Waals surface area contributed by atoms with Crippen LogP contribution in [0.3, 0.4) is 0 Å². The van der Waals surface area contributed by atoms with Crippen LogP contribution in [-0.4, -0.2) is 7.11 Å². The van der Waals surface area contributed by atoms with E-state index in [0.29, 0.717) is 0 Å². The largest absolute Gasteiger partial charge is 0.497 e. The van der Waals surface area contributed by atoms with Crippen LogP contribution in [0.4, 0.5) is 0 Å². The minimum atomic E-state index is 0.0844. The summed E-state index contributed by atoms with van der Waals surface area (Å²) >= 11 is 0. The molecule has 1 unspecified atom stereocenters. The van der Waals surface area contributed by atoms with E-state index in [9.17, 15) is 0 Å². The first kappa shape index (κ1) is 14.6. The molecule has 0 aromatic heterocycles. The third kappa shape index (κ3) is 3.61. The molecule has 0 bridgehead atoms. The lowest BCUT2D eigenvalue weighted by atomic mass is 9.95. The standard InChI is InChI=1S/C18H23NO/c1-13-7-8-14(2)17(11-13)18(19)10-9-15-5-4-6-16(12-15)20-3/h4-8,11-12,18H,9-10,19H2,1-3H3. The smallest absolute Gasteiger partial charge is 0.119 e. The van der Waals surface area contributed by atoms with Gasteiger partial charge in [-0.3, -0.25) is 0 Å². The third-order valence-electron chi connectivity index (χ3n) is 3.71. The lowest BCUT2D eigenvalue weighted by Gasteiger charge is -2.16. The molecule has 0 aliphatic rings. The van der Waals surface area contributed by atoms with Gasteiger partial charge in [-0.25, -0.2) is 0 Å². The van der Waals surface area contributed by atoms with Crippen molar-refractivity contribution < 1.29 is 4.74 Å². The van der Waals surface area contributed by atoms with Crippen LogP contribution in [0.25, 0.3) is 0 Å². The molecule has 0 heterocycles. The van der Waals surface area contributed by atoms with Crippen LogP contribution in [0.15, 0.2) is 42.5 Å². The Morgan fingerprint density at radius 2 is 1.90 bits per heavy atom. The molecule has 0 aliphatic heterocycles. The molecule has 0 aliphatic carbocycles. The molecule has 0 radical (unpaired) electrons. The topological polar surface area (TPSA) is 35.2 Å². The van der Waals surface area contributed by atoms with Crippen LogP contribution in [0.1, 0.15) is 34.7 Å². The number of hydrogen-bond donors (Lipinski definition) is 1. The highest BCUT2D eigenvalue weighted by Crippen LogP contribution is 2.22. The highest BCUT2D eigenvalue weighted by atomic mass is 16.5. The van der Waals surface area contributed by atoms with Crippen LogP contribution in [-0.2, 0) is 6.42 Å². The van der Waals surface area contributed by atoms with Crippen LogP contribution in [0.2, 0.25) is 0 Å². The van der Waals surface area contributed by atoms with Gasteiger partial charge < -0.3 is 10.5 Å². The average Bonchev–Trinajstić information content (AvgIpc) is 2.47. The minimum Gasteiger partial charge on any atom is -0.497 e. The molecule has 2 N–H and O–H groups in total. The summed E-state index contributed by atoms with van der Waals surface area (Å²) in [5.74, 6) is 0.905. The summed E-state index contributed by atoms with van der Waals surface area (Å²) in [5.41, 5.74) is 11.4. The van der Waals surface area contributed by atoms with Crippen LogP contribution in [0.5, 0.6) is 5.75 Å². The van der Waals surface area contributed by atoms with Crippen molar-refractivity contribution in [1.29, 1.82) is 0 Å². The van der Waals surface area contributed by atoms with E-state index in [4.69, 9.17) is 10.5 Å². The molecular formula is C18H23NO. The second-order valence-electron chi connectivity index (χ2n) is 5.36. The summed E-state index contributed by atoms with van der Waals surface area (Å²) in [6.07, 6.45) is 1.91. The second-order valence-corrected chi connectivity index (χ2v) is 5.36. The molecular weight excluding hydrogens is 246 g/mol. The van der Waals surface area contributed by atoms with Crippen molar-refractivity contribution in [3.63, 3.8) is 0 Å². The number of ether oxygens (including phenoxy) is 1. The molecule has 0 saturated heterocycles. The summed E-state index contributed by atoms with van der Waals surface area (Å²) in [5, 5.41) is 0. The normalized spacial score (nSPS) is 12.2. The van der Waals surface area contributed by atoms with Crippen molar-refractivity contribution in [3.05, 3.63) is 64.7 Å². The molecule has 0 saturated carbocycles. The van der Waals surface area contributed by atoms with Gasteiger partial charge in [-0.15, -0.1) is 0 Å². The zero-order valence-corrected chi connectivity index (χ0v) is 12.5. The maximum Gasteiger partial charge on any atom is 0.119 e. The van der Waals surface area contributed by atoms with E-state index in [-0.39, 0.29) is 6.04 Å². The van der Waals surface area contributed by atoms with Gasteiger partial charge in [0, 0.05) is 6.04 Å². The van der Waals surface area contributed by atoms with Crippen LogP contribution in [0, 0.1) is 13.8 Å². The molecule has 2 rings (SSSR count). The first-order valence-corrected chi connectivity index (χ1v) is 7.06. The molecule has 2 aromatic rings. The minimum absolute atomic E-state index is 0.0844. The summed E-state index contributed by atoms with van der Waals surface area (Å²) in [4.78, 5) is 0. The Morgan fingerprint density at radius 3 is 2.65 bits per heavy atom. The number of rotatable bonds is 5. The predicted molar refractivity (Wildman–Crippen MR) is 84.2 cm³/mol. The Morgan fingerprint density at radius 1 is 1.10 bits per heavy atom. The highest BCUT2D eigenvalue weighted by Gasteiger charge is 2.09. The molecule has 1 atom stereocenters. The van der Waals surface area contributed by atoms with Crippen LogP contribution < -0.4 is 10.5 Å². The zero-order chi connectivity index (χ0) is 14.5. The molecule has 2 heteroatoms. The van der Waals surface area contributed by atoms with Crippen LogP contribution >= 0.6 is 0 Å². The summed E-state index contributed by atoms with van der Waals surface area (Å²) in [6.45, 7) is 4.23. The highest BCUT2D eigenvalue weighted by molar-refractivity contribution is 5.33. The van der Waals surface area contributed by atoms with Crippen molar-refractivity contribution >= 4 is 0 Å². The zero-order valence-electron chi connectivity index (χ0n) is 12.5. The number of benzene rings is 2. The van der Waals surface area contributed by atoms with E-state index in [2.05, 4.69) is 44.2 Å². The van der Waals surface area contributed by atoms with Gasteiger partial charge in [0.25, 0.3) is 0 Å². The van der Waals surface area contributed by atoms with Gasteiger partial charge in [0.05, 0.1) is 7.11 Å². The van der Waals surface area contributed by atoms with Gasteiger partial charge in [-0.05, 0) is 55.5 Å². The van der Waals surface area contributed by atoms with Gasteiger partial charge in [0.15, 0.2) is 0 Å². The molecule has 2 aromatic carbocycles. The Hall–Kier alpha value is -1.80. The number of aryl methyl sites for hydroxylation is 3. The average molecular weight is 269 g/mol. The summed E-state index contributed by atoms with van der Waals surface area (Å²) in [6, 6.07) is 14.8. The van der Waals surface area contributed by atoms with Crippen molar-refractivity contribution in [2.24, 2.45) is 5.73 Å². The fourth-order valence-corrected chi connectivity index (χ4v) is 2.47. The molecule has 2 nitrogen and oxygen atoms in total. The fraction of sp³-hybridized carbons (Fsp3) is 0.333. The Labute approximate surface area is 121 Å². The molecule has 0 amide bonds. The number of nitrogens with two attached hydrogens (primary N) is 1. The molecule has 20 heavy (non-hydrogen) atoms. The van der Waals surface area contributed by atoms with E-state index in [1.165, 1.54) is 22.3 Å². The number of methoxy groups -OCH3 is 1. The molecule has 106 valence electrons. The lowest BCUT2D eigenvalue weighted by molar-refractivity contribution is 0.414. The van der Waals surface area contributed by atoms with Gasteiger partial charge in [-0.2, -0.15) is 0 Å². The van der Waals surface area contributed by atoms with E-state index in [0.717, 1.165) is 18.6 Å². The second kappa shape index (κ2) is 6.58. The van der Waals surface area contributed by atoms with E-state index < -0.39 is 0 Å². The van der Waals surface area contributed by atoms with Crippen molar-refractivity contribution in [2.45, 2.75) is 32.7 Å². The van der Waals surface area contributed by atoms with Gasteiger partial charge in [0.1, 0.15) is 5.75 Å². The van der Waals surface area contributed by atoms with E-state index >= 15 is 0 Å². The van der Waals surface area contributed by atoms with E-state index in [1.54, 1.807) is 7.11 Å². The van der Waals surface area contributed by atoms with Gasteiger partial charge in [0.2, 0.25) is 0 Å².